The van der Waals surface area contributed by atoms with Gasteiger partial charge in [-0.05, 0) is 18.1 Å². The van der Waals surface area contributed by atoms with Crippen LogP contribution in [-0.2, 0) is 11.2 Å². The predicted molar refractivity (Wildman–Crippen MR) is 69.4 cm³/mol. The smallest absolute Gasteiger partial charge is 0.314 e. The summed E-state index contributed by atoms with van der Waals surface area (Å²) in [6, 6.07) is 6.04. The zero-order valence-electron chi connectivity index (χ0n) is 10.9. The first-order chi connectivity index (χ1) is 9.13. The maximum absolute atomic E-state index is 13.3. The van der Waals surface area contributed by atoms with Crippen LogP contribution < -0.4 is 10.6 Å². The molecule has 0 aliphatic heterocycles. The molecular formula is C13H19FN2O3. The van der Waals surface area contributed by atoms with Crippen LogP contribution in [0.5, 0.6) is 0 Å². The van der Waals surface area contributed by atoms with E-state index in [9.17, 15) is 14.3 Å². The molecule has 5 nitrogen and oxygen atoms in total. The third-order valence-electron chi connectivity index (χ3n) is 2.50. The second-order valence-electron chi connectivity index (χ2n) is 4.09. The van der Waals surface area contributed by atoms with Gasteiger partial charge in [0.25, 0.3) is 0 Å². The van der Waals surface area contributed by atoms with Gasteiger partial charge in [-0.15, -0.1) is 0 Å². The first-order valence-corrected chi connectivity index (χ1v) is 6.05. The molecule has 0 fully saturated rings. The Labute approximate surface area is 111 Å². The molecule has 2 amide bonds. The van der Waals surface area contributed by atoms with Crippen LogP contribution in [0.3, 0.4) is 0 Å². The quantitative estimate of drug-likeness (QED) is 0.682. The van der Waals surface area contributed by atoms with Gasteiger partial charge in [-0.3, -0.25) is 0 Å². The van der Waals surface area contributed by atoms with E-state index in [4.69, 9.17) is 4.74 Å². The molecule has 1 atom stereocenters. The summed E-state index contributed by atoms with van der Waals surface area (Å²) in [5.41, 5.74) is 0.558. The van der Waals surface area contributed by atoms with E-state index in [-0.39, 0.29) is 19.0 Å². The van der Waals surface area contributed by atoms with E-state index in [0.717, 1.165) is 0 Å². The highest BCUT2D eigenvalue weighted by Crippen LogP contribution is 2.05. The van der Waals surface area contributed by atoms with Crippen molar-refractivity contribution in [2.45, 2.75) is 12.5 Å². The van der Waals surface area contributed by atoms with Crippen LogP contribution in [0.15, 0.2) is 24.3 Å². The van der Waals surface area contributed by atoms with Crippen molar-refractivity contribution in [3.05, 3.63) is 35.6 Å². The molecule has 0 bridgehead atoms. The monoisotopic (exact) mass is 270 g/mol. The Morgan fingerprint density at radius 3 is 2.84 bits per heavy atom. The van der Waals surface area contributed by atoms with Crippen molar-refractivity contribution in [3.63, 3.8) is 0 Å². The molecule has 1 aromatic carbocycles. The van der Waals surface area contributed by atoms with E-state index in [1.165, 1.54) is 13.2 Å². The van der Waals surface area contributed by atoms with Gasteiger partial charge in [-0.25, -0.2) is 9.18 Å². The fourth-order valence-corrected chi connectivity index (χ4v) is 1.54. The fraction of sp³-hybridized carbons (Fsp3) is 0.462. The molecular weight excluding hydrogens is 251 g/mol. The van der Waals surface area contributed by atoms with Crippen molar-refractivity contribution in [2.24, 2.45) is 0 Å². The molecule has 0 spiro atoms. The Hall–Kier alpha value is -1.66. The van der Waals surface area contributed by atoms with Crippen LogP contribution >= 0.6 is 0 Å². The minimum absolute atomic E-state index is 0.110. The van der Waals surface area contributed by atoms with Crippen molar-refractivity contribution < 1.29 is 19.0 Å². The number of carbonyl (C=O) groups is 1. The maximum atomic E-state index is 13.3. The van der Waals surface area contributed by atoms with E-state index in [2.05, 4.69) is 10.6 Å². The van der Waals surface area contributed by atoms with Crippen LogP contribution in [0.25, 0.3) is 0 Å². The highest BCUT2D eigenvalue weighted by Gasteiger charge is 2.06. The van der Waals surface area contributed by atoms with Gasteiger partial charge in [-0.1, -0.05) is 18.2 Å². The van der Waals surface area contributed by atoms with Crippen LogP contribution in [0.1, 0.15) is 5.56 Å². The number of methoxy groups -OCH3 is 1. The number of hydrogen-bond acceptors (Lipinski definition) is 3. The van der Waals surface area contributed by atoms with Crippen LogP contribution in [0.4, 0.5) is 9.18 Å². The minimum atomic E-state index is -0.734. The molecule has 3 N–H and O–H groups in total. The zero-order chi connectivity index (χ0) is 14.1. The number of ether oxygens (including phenoxy) is 1. The van der Waals surface area contributed by atoms with E-state index >= 15 is 0 Å². The molecule has 0 aliphatic rings. The number of carbonyl (C=O) groups excluding carboxylic acids is 1. The maximum Gasteiger partial charge on any atom is 0.314 e. The summed E-state index contributed by atoms with van der Waals surface area (Å²) in [5, 5.41) is 14.4. The van der Waals surface area contributed by atoms with E-state index in [0.29, 0.717) is 18.5 Å². The predicted octanol–water partition coefficient (Wildman–Crippen LogP) is 0.675. The van der Waals surface area contributed by atoms with E-state index in [1.807, 2.05) is 0 Å². The molecule has 106 valence electrons. The standard InChI is InChI=1S/C13H19FN2O3/c1-19-9-11(17)8-16-13(18)15-7-6-10-4-2-3-5-12(10)14/h2-5,11,17H,6-9H2,1H3,(H2,15,16,18). The molecule has 1 unspecified atom stereocenters. The Bertz CT molecular complexity index is 401. The Morgan fingerprint density at radius 2 is 2.16 bits per heavy atom. The van der Waals surface area contributed by atoms with E-state index < -0.39 is 12.1 Å². The number of nitrogens with one attached hydrogen (secondary N) is 2. The molecule has 19 heavy (non-hydrogen) atoms. The highest BCUT2D eigenvalue weighted by atomic mass is 19.1. The molecule has 1 rings (SSSR count). The summed E-state index contributed by atoms with van der Waals surface area (Å²) < 4.78 is 18.0. The van der Waals surface area contributed by atoms with Gasteiger partial charge in [0.2, 0.25) is 0 Å². The van der Waals surface area contributed by atoms with Gasteiger partial charge in [0, 0.05) is 20.2 Å². The molecule has 0 aliphatic carbocycles. The lowest BCUT2D eigenvalue weighted by atomic mass is 10.1. The molecule has 1 aromatic rings. The van der Waals surface area contributed by atoms with Gasteiger partial charge in [0.15, 0.2) is 0 Å². The zero-order valence-corrected chi connectivity index (χ0v) is 10.9. The Morgan fingerprint density at radius 1 is 1.42 bits per heavy atom. The second kappa shape index (κ2) is 8.44. The third kappa shape index (κ3) is 6.17. The normalized spacial score (nSPS) is 11.9. The first-order valence-electron chi connectivity index (χ1n) is 6.05. The molecule has 6 heteroatoms. The number of urea groups is 1. The van der Waals surface area contributed by atoms with Crippen LogP contribution in [0, 0.1) is 5.82 Å². The van der Waals surface area contributed by atoms with Gasteiger partial charge in [-0.2, -0.15) is 0 Å². The van der Waals surface area contributed by atoms with Crippen molar-refractivity contribution in [1.82, 2.24) is 10.6 Å². The van der Waals surface area contributed by atoms with Gasteiger partial charge < -0.3 is 20.5 Å². The topological polar surface area (TPSA) is 70.6 Å². The number of hydrogen-bond donors (Lipinski definition) is 3. The SMILES string of the molecule is COCC(O)CNC(=O)NCCc1ccccc1F. The van der Waals surface area contributed by atoms with Crippen molar-refractivity contribution >= 4 is 6.03 Å². The van der Waals surface area contributed by atoms with Crippen molar-refractivity contribution in [3.8, 4) is 0 Å². The number of halogens is 1. The third-order valence-corrected chi connectivity index (χ3v) is 2.50. The molecule has 0 aromatic heterocycles. The summed E-state index contributed by atoms with van der Waals surface area (Å²) in [6.45, 7) is 0.599. The second-order valence-corrected chi connectivity index (χ2v) is 4.09. The Balaban J connectivity index is 2.19. The lowest BCUT2D eigenvalue weighted by Gasteiger charge is -2.11. The number of benzene rings is 1. The Kier molecular flexibility index (Phi) is 6.84. The molecule has 0 heterocycles. The number of rotatable bonds is 7. The summed E-state index contributed by atoms with van der Waals surface area (Å²) in [4.78, 5) is 11.4. The molecule has 0 saturated carbocycles. The van der Waals surface area contributed by atoms with Gasteiger partial charge >= 0.3 is 6.03 Å². The average molecular weight is 270 g/mol. The summed E-state index contributed by atoms with van der Waals surface area (Å²) in [7, 11) is 1.47. The summed E-state index contributed by atoms with van der Waals surface area (Å²) in [6.07, 6.45) is -0.317. The summed E-state index contributed by atoms with van der Waals surface area (Å²) >= 11 is 0. The number of aliphatic hydroxyl groups is 1. The van der Waals surface area contributed by atoms with Crippen LogP contribution in [0.2, 0.25) is 0 Å². The van der Waals surface area contributed by atoms with E-state index in [1.54, 1.807) is 18.2 Å². The summed E-state index contributed by atoms with van der Waals surface area (Å²) in [5.74, 6) is -0.278. The minimum Gasteiger partial charge on any atom is -0.389 e. The number of amides is 2. The number of aliphatic hydroxyl groups excluding tert-OH is 1. The highest BCUT2D eigenvalue weighted by molar-refractivity contribution is 5.73. The lowest BCUT2D eigenvalue weighted by molar-refractivity contribution is 0.0660. The fourth-order valence-electron chi connectivity index (χ4n) is 1.54. The first kappa shape index (κ1) is 15.4. The van der Waals surface area contributed by atoms with Crippen molar-refractivity contribution in [2.75, 3.05) is 26.8 Å². The van der Waals surface area contributed by atoms with Crippen molar-refractivity contribution in [1.29, 1.82) is 0 Å². The molecule has 0 radical (unpaired) electrons. The lowest BCUT2D eigenvalue weighted by Crippen LogP contribution is -2.41. The van der Waals surface area contributed by atoms with Gasteiger partial charge in [0.05, 0.1) is 12.7 Å². The van der Waals surface area contributed by atoms with Gasteiger partial charge in [0.1, 0.15) is 5.82 Å². The molecule has 0 saturated heterocycles. The van der Waals surface area contributed by atoms with Crippen LogP contribution in [-0.4, -0.2) is 44.0 Å². The average Bonchev–Trinajstić information content (AvgIpc) is 2.39. The largest absolute Gasteiger partial charge is 0.389 e.